The molecular weight excluding hydrogens is 160 g/mol. The monoisotopic (exact) mass is 184 g/mol. The molecular formula is C11H24N2. The van der Waals surface area contributed by atoms with Gasteiger partial charge in [-0.25, -0.2) is 0 Å². The van der Waals surface area contributed by atoms with Crippen molar-refractivity contribution in [3.8, 4) is 0 Å². The minimum absolute atomic E-state index is 1.02. The molecule has 0 amide bonds. The largest absolute Gasteiger partial charge is 0.307 e. The Morgan fingerprint density at radius 1 is 1.23 bits per heavy atom. The van der Waals surface area contributed by atoms with Crippen molar-refractivity contribution in [2.75, 3.05) is 27.3 Å². The predicted molar refractivity (Wildman–Crippen MR) is 57.7 cm³/mol. The highest BCUT2D eigenvalue weighted by Gasteiger charge is 2.13. The molecule has 0 saturated heterocycles. The van der Waals surface area contributed by atoms with Crippen LogP contribution in [0.15, 0.2) is 0 Å². The smallest absolute Gasteiger partial charge is 0.0475 e. The lowest BCUT2D eigenvalue weighted by molar-refractivity contribution is 0.257. The van der Waals surface area contributed by atoms with Crippen molar-refractivity contribution in [1.29, 1.82) is 0 Å². The third-order valence-electron chi connectivity index (χ3n) is 3.07. The van der Waals surface area contributed by atoms with E-state index in [2.05, 4.69) is 17.3 Å². The normalized spacial score (nSPS) is 19.6. The van der Waals surface area contributed by atoms with Crippen LogP contribution in [0, 0.1) is 5.92 Å². The molecule has 2 nitrogen and oxygen atoms in total. The van der Waals surface area contributed by atoms with Crippen molar-refractivity contribution >= 4 is 0 Å². The van der Waals surface area contributed by atoms with Crippen molar-refractivity contribution in [3.63, 3.8) is 0 Å². The Hall–Kier alpha value is -0.0800. The Bertz CT molecular complexity index is 119. The van der Waals surface area contributed by atoms with Gasteiger partial charge in [-0.3, -0.25) is 4.90 Å². The second-order valence-electron chi connectivity index (χ2n) is 4.38. The van der Waals surface area contributed by atoms with Crippen LogP contribution in [0.25, 0.3) is 0 Å². The van der Waals surface area contributed by atoms with E-state index in [1.54, 1.807) is 0 Å². The summed E-state index contributed by atoms with van der Waals surface area (Å²) >= 11 is 0. The van der Waals surface area contributed by atoms with Gasteiger partial charge in [0.2, 0.25) is 0 Å². The molecule has 0 atom stereocenters. The summed E-state index contributed by atoms with van der Waals surface area (Å²) in [7, 11) is 4.20. The highest BCUT2D eigenvalue weighted by molar-refractivity contribution is 4.66. The van der Waals surface area contributed by atoms with E-state index in [9.17, 15) is 0 Å². The molecule has 78 valence electrons. The van der Waals surface area contributed by atoms with Crippen LogP contribution in [0.3, 0.4) is 0 Å². The van der Waals surface area contributed by atoms with Crippen molar-refractivity contribution < 1.29 is 0 Å². The first-order chi connectivity index (χ1) is 6.33. The number of hydrogen-bond acceptors (Lipinski definition) is 2. The van der Waals surface area contributed by atoms with Crippen molar-refractivity contribution in [3.05, 3.63) is 0 Å². The van der Waals surface area contributed by atoms with Crippen LogP contribution in [0.1, 0.15) is 38.5 Å². The van der Waals surface area contributed by atoms with Gasteiger partial charge in [-0.05, 0) is 33.0 Å². The Kier molecular flexibility index (Phi) is 5.40. The van der Waals surface area contributed by atoms with E-state index in [0.29, 0.717) is 0 Å². The van der Waals surface area contributed by atoms with Crippen LogP contribution in [0.4, 0.5) is 0 Å². The van der Waals surface area contributed by atoms with Crippen LogP contribution in [0.5, 0.6) is 0 Å². The fourth-order valence-electron chi connectivity index (χ4n) is 2.23. The Morgan fingerprint density at radius 3 is 2.54 bits per heavy atom. The Morgan fingerprint density at radius 2 is 1.92 bits per heavy atom. The molecule has 0 heterocycles. The van der Waals surface area contributed by atoms with Gasteiger partial charge in [-0.1, -0.05) is 32.1 Å². The maximum atomic E-state index is 3.18. The van der Waals surface area contributed by atoms with E-state index >= 15 is 0 Å². The molecule has 1 aliphatic rings. The lowest BCUT2D eigenvalue weighted by Crippen LogP contribution is -2.30. The summed E-state index contributed by atoms with van der Waals surface area (Å²) in [6.07, 6.45) is 8.78. The third kappa shape index (κ3) is 4.63. The summed E-state index contributed by atoms with van der Waals surface area (Å²) in [6, 6.07) is 0. The summed E-state index contributed by atoms with van der Waals surface area (Å²) in [6.45, 7) is 2.28. The molecule has 0 aromatic heterocycles. The van der Waals surface area contributed by atoms with E-state index in [-0.39, 0.29) is 0 Å². The van der Waals surface area contributed by atoms with Gasteiger partial charge in [0.05, 0.1) is 0 Å². The van der Waals surface area contributed by atoms with Crippen LogP contribution >= 0.6 is 0 Å². The Balaban J connectivity index is 2.03. The zero-order valence-electron chi connectivity index (χ0n) is 9.18. The SMILES string of the molecule is CNCN(C)CCC1CCCCC1. The minimum atomic E-state index is 1.02. The molecule has 1 rings (SSSR count). The molecule has 0 radical (unpaired) electrons. The standard InChI is InChI=1S/C11H24N2/c1-12-10-13(2)9-8-11-6-4-3-5-7-11/h11-12H,3-10H2,1-2H3. The van der Waals surface area contributed by atoms with E-state index < -0.39 is 0 Å². The highest BCUT2D eigenvalue weighted by atomic mass is 15.2. The summed E-state index contributed by atoms with van der Waals surface area (Å²) in [5.74, 6) is 1.02. The molecule has 0 aromatic carbocycles. The second kappa shape index (κ2) is 6.39. The summed E-state index contributed by atoms with van der Waals surface area (Å²) in [5.41, 5.74) is 0. The topological polar surface area (TPSA) is 15.3 Å². The van der Waals surface area contributed by atoms with E-state index in [1.165, 1.54) is 45.1 Å². The number of nitrogens with one attached hydrogen (secondary N) is 1. The molecule has 0 spiro atoms. The number of rotatable bonds is 5. The summed E-state index contributed by atoms with van der Waals surface area (Å²) in [5, 5.41) is 3.18. The van der Waals surface area contributed by atoms with E-state index in [0.717, 1.165) is 12.6 Å². The van der Waals surface area contributed by atoms with Crippen LogP contribution in [0.2, 0.25) is 0 Å². The van der Waals surface area contributed by atoms with Gasteiger partial charge >= 0.3 is 0 Å². The molecule has 13 heavy (non-hydrogen) atoms. The maximum absolute atomic E-state index is 3.18. The van der Waals surface area contributed by atoms with Crippen LogP contribution in [-0.2, 0) is 0 Å². The number of hydrogen-bond donors (Lipinski definition) is 1. The van der Waals surface area contributed by atoms with Crippen molar-refractivity contribution in [1.82, 2.24) is 10.2 Å². The van der Waals surface area contributed by atoms with Gasteiger partial charge in [0.1, 0.15) is 0 Å². The van der Waals surface area contributed by atoms with Gasteiger partial charge in [-0.15, -0.1) is 0 Å². The fourth-order valence-corrected chi connectivity index (χ4v) is 2.23. The van der Waals surface area contributed by atoms with E-state index in [4.69, 9.17) is 0 Å². The predicted octanol–water partition coefficient (Wildman–Crippen LogP) is 2.07. The average molecular weight is 184 g/mol. The van der Waals surface area contributed by atoms with Gasteiger partial charge in [0, 0.05) is 6.67 Å². The lowest BCUT2D eigenvalue weighted by atomic mass is 9.87. The molecule has 0 unspecified atom stereocenters. The fraction of sp³-hybridized carbons (Fsp3) is 1.00. The minimum Gasteiger partial charge on any atom is -0.307 e. The highest BCUT2D eigenvalue weighted by Crippen LogP contribution is 2.26. The average Bonchev–Trinajstić information content (AvgIpc) is 2.17. The molecule has 0 aliphatic heterocycles. The molecule has 1 fully saturated rings. The van der Waals surface area contributed by atoms with Gasteiger partial charge in [0.15, 0.2) is 0 Å². The first kappa shape index (κ1) is 11.0. The summed E-state index contributed by atoms with van der Waals surface area (Å²) in [4.78, 5) is 2.37. The maximum Gasteiger partial charge on any atom is 0.0475 e. The molecule has 1 aliphatic carbocycles. The zero-order valence-corrected chi connectivity index (χ0v) is 9.18. The molecule has 0 aromatic rings. The quantitative estimate of drug-likeness (QED) is 0.658. The lowest BCUT2D eigenvalue weighted by Gasteiger charge is -2.24. The van der Waals surface area contributed by atoms with Gasteiger partial charge < -0.3 is 5.32 Å². The molecule has 1 N–H and O–H groups in total. The second-order valence-corrected chi connectivity index (χ2v) is 4.38. The molecule has 0 bridgehead atoms. The van der Waals surface area contributed by atoms with Gasteiger partial charge in [0.25, 0.3) is 0 Å². The zero-order chi connectivity index (χ0) is 9.52. The summed E-state index contributed by atoms with van der Waals surface area (Å²) < 4.78 is 0. The number of nitrogens with zero attached hydrogens (tertiary/aromatic N) is 1. The molecule has 1 saturated carbocycles. The van der Waals surface area contributed by atoms with Crippen LogP contribution in [-0.4, -0.2) is 32.2 Å². The Labute approximate surface area is 82.7 Å². The van der Waals surface area contributed by atoms with Gasteiger partial charge in [-0.2, -0.15) is 0 Å². The first-order valence-corrected chi connectivity index (χ1v) is 5.66. The molecule has 2 heteroatoms. The van der Waals surface area contributed by atoms with Crippen molar-refractivity contribution in [2.45, 2.75) is 38.5 Å². The third-order valence-corrected chi connectivity index (χ3v) is 3.07. The van der Waals surface area contributed by atoms with Crippen molar-refractivity contribution in [2.24, 2.45) is 5.92 Å². The van der Waals surface area contributed by atoms with E-state index in [1.807, 2.05) is 7.05 Å². The first-order valence-electron chi connectivity index (χ1n) is 5.66. The van der Waals surface area contributed by atoms with Crippen LogP contribution < -0.4 is 5.32 Å².